The van der Waals surface area contributed by atoms with Crippen molar-refractivity contribution in [2.75, 3.05) is 11.9 Å². The molecule has 0 bridgehead atoms. The highest BCUT2D eigenvalue weighted by molar-refractivity contribution is 6.03. The average molecular weight is 361 g/mol. The highest BCUT2D eigenvalue weighted by Gasteiger charge is 2.31. The first kappa shape index (κ1) is 17.3. The third-order valence-corrected chi connectivity index (χ3v) is 4.76. The van der Waals surface area contributed by atoms with Gasteiger partial charge < -0.3 is 10.1 Å². The Morgan fingerprint density at radius 2 is 1.85 bits per heavy atom. The number of hydrogen-bond acceptors (Lipinski definition) is 4. The number of carbonyl (C=O) groups excluding carboxylic acids is 1. The molecule has 0 saturated carbocycles. The quantitative estimate of drug-likeness (QED) is 0.710. The summed E-state index contributed by atoms with van der Waals surface area (Å²) >= 11 is 0. The molecular weight excluding hydrogens is 338 g/mol. The topological polar surface area (TPSA) is 56.1 Å². The number of para-hydroxylation sites is 1. The van der Waals surface area contributed by atoms with Crippen molar-refractivity contribution in [1.29, 1.82) is 0 Å². The molecule has 1 heterocycles. The highest BCUT2D eigenvalue weighted by atomic mass is 16.5. The van der Waals surface area contributed by atoms with E-state index in [2.05, 4.69) is 12.2 Å². The number of carbonyl (C=O) groups is 1. The predicted molar refractivity (Wildman–Crippen MR) is 106 cm³/mol. The number of nitrogens with zero attached hydrogens (tertiary/aromatic N) is 2. The largest absolute Gasteiger partial charge is 0.494 e. The van der Waals surface area contributed by atoms with E-state index in [-0.39, 0.29) is 5.78 Å². The minimum absolute atomic E-state index is 0.152. The zero-order valence-corrected chi connectivity index (χ0v) is 15.6. The van der Waals surface area contributed by atoms with Crippen LogP contribution in [0.15, 0.2) is 54.6 Å². The number of benzene rings is 2. The van der Waals surface area contributed by atoms with Crippen LogP contribution >= 0.6 is 0 Å². The minimum Gasteiger partial charge on any atom is -0.494 e. The van der Waals surface area contributed by atoms with E-state index in [1.807, 2.05) is 66.2 Å². The van der Waals surface area contributed by atoms with Gasteiger partial charge in [-0.25, -0.2) is 4.68 Å². The van der Waals surface area contributed by atoms with Crippen molar-refractivity contribution < 1.29 is 9.53 Å². The Kier molecular flexibility index (Phi) is 4.67. The van der Waals surface area contributed by atoms with Crippen LogP contribution in [0.2, 0.25) is 0 Å². The number of rotatable bonds is 5. The van der Waals surface area contributed by atoms with Gasteiger partial charge in [-0.05, 0) is 55.7 Å². The second-order valence-corrected chi connectivity index (χ2v) is 6.94. The van der Waals surface area contributed by atoms with E-state index >= 15 is 0 Å². The predicted octanol–water partition coefficient (Wildman–Crippen LogP) is 4.78. The first-order valence-corrected chi connectivity index (χ1v) is 9.36. The van der Waals surface area contributed by atoms with Crippen molar-refractivity contribution in [3.63, 3.8) is 0 Å². The number of hydrogen-bond donors (Lipinski definition) is 1. The van der Waals surface area contributed by atoms with Crippen LogP contribution in [-0.4, -0.2) is 22.2 Å². The van der Waals surface area contributed by atoms with Gasteiger partial charge in [-0.2, -0.15) is 0 Å². The van der Waals surface area contributed by atoms with Gasteiger partial charge >= 0.3 is 0 Å². The minimum atomic E-state index is 0.152. The van der Waals surface area contributed by atoms with E-state index in [9.17, 15) is 4.79 Å². The van der Waals surface area contributed by atoms with Crippen LogP contribution in [0.3, 0.4) is 0 Å². The van der Waals surface area contributed by atoms with Crippen LogP contribution in [0.4, 0.5) is 11.5 Å². The normalized spacial score (nSPS) is 16.1. The Balaban J connectivity index is 1.73. The van der Waals surface area contributed by atoms with E-state index in [0.717, 1.165) is 29.2 Å². The molecule has 3 aromatic rings. The molecule has 1 atom stereocenters. The van der Waals surface area contributed by atoms with Crippen LogP contribution in [0.25, 0.3) is 5.69 Å². The maximum absolute atomic E-state index is 12.8. The van der Waals surface area contributed by atoms with Crippen molar-refractivity contribution in [1.82, 2.24) is 9.78 Å². The summed E-state index contributed by atoms with van der Waals surface area (Å²) in [5, 5.41) is 8.08. The van der Waals surface area contributed by atoms with Gasteiger partial charge in [0.05, 0.1) is 23.6 Å². The zero-order valence-electron chi connectivity index (χ0n) is 15.6. The first-order chi connectivity index (χ1) is 13.2. The summed E-state index contributed by atoms with van der Waals surface area (Å²) in [7, 11) is 0. The molecule has 1 N–H and O–H groups in total. The van der Waals surface area contributed by atoms with Gasteiger partial charge in [0.1, 0.15) is 5.75 Å². The first-order valence-electron chi connectivity index (χ1n) is 9.36. The van der Waals surface area contributed by atoms with E-state index in [1.54, 1.807) is 0 Å². The SMILES string of the molecule is CCOc1ccc(Nc2nn(-c3ccccc3)c3c2C(=O)C[C@@H](C)C3)cc1. The number of aromatic nitrogens is 2. The number of ether oxygens (including phenoxy) is 1. The summed E-state index contributed by atoms with van der Waals surface area (Å²) in [4.78, 5) is 12.8. The number of Topliss-reactive ketones (excluding diaryl/α,β-unsaturated/α-hetero) is 1. The standard InChI is InChI=1S/C22H23N3O2/c1-3-27-18-11-9-16(10-12-18)23-22-21-19(13-15(2)14-20(21)26)25(24-22)17-7-5-4-6-8-17/h4-12,15H,3,13-14H2,1-2H3,(H,23,24)/t15-/m0/s1. The number of anilines is 2. The third-order valence-electron chi connectivity index (χ3n) is 4.76. The van der Waals surface area contributed by atoms with E-state index < -0.39 is 0 Å². The maximum Gasteiger partial charge on any atom is 0.168 e. The molecule has 0 amide bonds. The molecule has 0 fully saturated rings. The fourth-order valence-corrected chi connectivity index (χ4v) is 3.56. The van der Waals surface area contributed by atoms with Crippen LogP contribution in [0.5, 0.6) is 5.75 Å². The fourth-order valence-electron chi connectivity index (χ4n) is 3.56. The molecule has 1 aliphatic carbocycles. The van der Waals surface area contributed by atoms with Crippen molar-refractivity contribution >= 4 is 17.3 Å². The summed E-state index contributed by atoms with van der Waals surface area (Å²) < 4.78 is 7.39. The summed E-state index contributed by atoms with van der Waals surface area (Å²) in [5.74, 6) is 1.92. The molecular formula is C22H23N3O2. The molecule has 27 heavy (non-hydrogen) atoms. The second kappa shape index (κ2) is 7.27. The Morgan fingerprint density at radius 3 is 2.56 bits per heavy atom. The summed E-state index contributed by atoms with van der Waals surface area (Å²) in [5.41, 5.74) is 3.55. The summed E-state index contributed by atoms with van der Waals surface area (Å²) in [6.07, 6.45) is 1.40. The van der Waals surface area contributed by atoms with Gasteiger partial charge in [-0.15, -0.1) is 5.10 Å². The van der Waals surface area contributed by atoms with Crippen molar-refractivity contribution in [3.8, 4) is 11.4 Å². The Bertz CT molecular complexity index is 946. The molecule has 2 aromatic carbocycles. The van der Waals surface area contributed by atoms with Gasteiger partial charge in [0.2, 0.25) is 0 Å². The summed E-state index contributed by atoms with van der Waals surface area (Å²) in [6.45, 7) is 4.71. The number of nitrogens with one attached hydrogen (secondary N) is 1. The third kappa shape index (κ3) is 3.45. The molecule has 0 saturated heterocycles. The number of fused-ring (bicyclic) bond motifs is 1. The van der Waals surface area contributed by atoms with Crippen LogP contribution in [0.1, 0.15) is 36.3 Å². The molecule has 5 nitrogen and oxygen atoms in total. The van der Waals surface area contributed by atoms with E-state index in [4.69, 9.17) is 9.84 Å². The van der Waals surface area contributed by atoms with Gasteiger partial charge in [-0.1, -0.05) is 25.1 Å². The highest BCUT2D eigenvalue weighted by Crippen LogP contribution is 2.34. The zero-order chi connectivity index (χ0) is 18.8. The molecule has 0 unspecified atom stereocenters. The molecule has 0 spiro atoms. The van der Waals surface area contributed by atoms with Crippen molar-refractivity contribution in [2.45, 2.75) is 26.7 Å². The van der Waals surface area contributed by atoms with Crippen LogP contribution in [-0.2, 0) is 6.42 Å². The lowest BCUT2D eigenvalue weighted by Gasteiger charge is -2.19. The molecule has 5 heteroatoms. The van der Waals surface area contributed by atoms with E-state index in [0.29, 0.717) is 30.3 Å². The smallest absolute Gasteiger partial charge is 0.168 e. The molecule has 0 aliphatic heterocycles. The Labute approximate surface area is 159 Å². The Hall–Kier alpha value is -3.08. The molecule has 0 radical (unpaired) electrons. The van der Waals surface area contributed by atoms with E-state index in [1.165, 1.54) is 0 Å². The summed E-state index contributed by atoms with van der Waals surface area (Å²) in [6, 6.07) is 17.7. The molecule has 1 aromatic heterocycles. The van der Waals surface area contributed by atoms with Crippen LogP contribution < -0.4 is 10.1 Å². The van der Waals surface area contributed by atoms with Crippen molar-refractivity contribution in [3.05, 3.63) is 65.9 Å². The molecule has 4 rings (SSSR count). The average Bonchev–Trinajstić information content (AvgIpc) is 3.02. The van der Waals surface area contributed by atoms with Gasteiger partial charge in [-0.3, -0.25) is 4.79 Å². The fraction of sp³-hybridized carbons (Fsp3) is 0.273. The van der Waals surface area contributed by atoms with Crippen LogP contribution in [0, 0.1) is 5.92 Å². The molecule has 1 aliphatic rings. The monoisotopic (exact) mass is 361 g/mol. The maximum atomic E-state index is 12.8. The van der Waals surface area contributed by atoms with Gasteiger partial charge in [0.25, 0.3) is 0 Å². The Morgan fingerprint density at radius 1 is 1.11 bits per heavy atom. The van der Waals surface area contributed by atoms with Gasteiger partial charge in [0.15, 0.2) is 11.6 Å². The molecule has 138 valence electrons. The number of ketones is 1. The second-order valence-electron chi connectivity index (χ2n) is 6.94. The van der Waals surface area contributed by atoms with Gasteiger partial charge in [0, 0.05) is 12.1 Å². The lowest BCUT2D eigenvalue weighted by atomic mass is 9.87. The van der Waals surface area contributed by atoms with Crippen molar-refractivity contribution in [2.24, 2.45) is 5.92 Å². The lowest BCUT2D eigenvalue weighted by molar-refractivity contribution is 0.0953. The lowest BCUT2D eigenvalue weighted by Crippen LogP contribution is -2.19.